The highest BCUT2D eigenvalue weighted by molar-refractivity contribution is 6.00. The first-order chi connectivity index (χ1) is 13.5. The van der Waals surface area contributed by atoms with E-state index in [-0.39, 0.29) is 24.6 Å². The summed E-state index contributed by atoms with van der Waals surface area (Å²) in [4.78, 5) is 35.3. The van der Waals surface area contributed by atoms with E-state index in [0.29, 0.717) is 18.0 Å². The Labute approximate surface area is 167 Å². The van der Waals surface area contributed by atoms with Crippen molar-refractivity contribution < 1.29 is 23.9 Å². The highest BCUT2D eigenvalue weighted by Crippen LogP contribution is 2.23. The standard InChI is InChI=1S/C21H32N2O5/c1-4-6-7-8-9-10-13-28-19-12-11-17(23-16(3)24)14-18(19)21(26)22-15-20(25)27-5-2/h11-12,14H,4-10,13,15H2,1-3H3,(H,22,26)(H,23,24). The van der Waals surface area contributed by atoms with Crippen LogP contribution in [0.4, 0.5) is 5.69 Å². The molecule has 1 rings (SSSR count). The third-order valence-corrected chi connectivity index (χ3v) is 4.00. The van der Waals surface area contributed by atoms with E-state index in [1.807, 2.05) is 0 Å². The molecule has 0 aliphatic carbocycles. The second-order valence-electron chi connectivity index (χ2n) is 6.50. The zero-order chi connectivity index (χ0) is 20.8. The Balaban J connectivity index is 2.71. The predicted molar refractivity (Wildman–Crippen MR) is 109 cm³/mol. The Morgan fingerprint density at radius 2 is 1.71 bits per heavy atom. The molecule has 0 aromatic heterocycles. The minimum absolute atomic E-state index is 0.228. The van der Waals surface area contributed by atoms with Gasteiger partial charge in [0.05, 0.1) is 18.8 Å². The molecule has 156 valence electrons. The quantitative estimate of drug-likeness (QED) is 0.394. The fraction of sp³-hybridized carbons (Fsp3) is 0.571. The summed E-state index contributed by atoms with van der Waals surface area (Å²) >= 11 is 0. The Morgan fingerprint density at radius 3 is 2.39 bits per heavy atom. The molecule has 2 N–H and O–H groups in total. The number of hydrogen-bond donors (Lipinski definition) is 2. The van der Waals surface area contributed by atoms with E-state index in [4.69, 9.17) is 9.47 Å². The van der Waals surface area contributed by atoms with E-state index in [1.54, 1.807) is 25.1 Å². The van der Waals surface area contributed by atoms with Gasteiger partial charge in [0, 0.05) is 12.6 Å². The molecule has 0 fully saturated rings. The summed E-state index contributed by atoms with van der Waals surface area (Å²) in [5.74, 6) is -0.788. The van der Waals surface area contributed by atoms with Crippen LogP contribution in [0.5, 0.6) is 5.75 Å². The Bertz CT molecular complexity index is 646. The fourth-order valence-corrected chi connectivity index (χ4v) is 2.64. The molecule has 1 aromatic carbocycles. The van der Waals surface area contributed by atoms with Gasteiger partial charge in [-0.1, -0.05) is 39.0 Å². The molecule has 0 saturated heterocycles. The van der Waals surface area contributed by atoms with Crippen molar-refractivity contribution in [3.63, 3.8) is 0 Å². The van der Waals surface area contributed by atoms with Crippen LogP contribution in [0.3, 0.4) is 0 Å². The molecular weight excluding hydrogens is 360 g/mol. The van der Waals surface area contributed by atoms with Gasteiger partial charge in [-0.25, -0.2) is 0 Å². The lowest BCUT2D eigenvalue weighted by Gasteiger charge is -2.13. The highest BCUT2D eigenvalue weighted by Gasteiger charge is 2.15. The van der Waals surface area contributed by atoms with Crippen LogP contribution in [-0.4, -0.2) is 37.5 Å². The molecule has 0 spiro atoms. The molecule has 0 saturated carbocycles. The van der Waals surface area contributed by atoms with Crippen molar-refractivity contribution in [2.24, 2.45) is 0 Å². The number of hydrogen-bond acceptors (Lipinski definition) is 5. The first kappa shape index (κ1) is 23.5. The largest absolute Gasteiger partial charge is 0.493 e. The van der Waals surface area contributed by atoms with Gasteiger partial charge in [-0.3, -0.25) is 14.4 Å². The van der Waals surface area contributed by atoms with Crippen LogP contribution in [0.2, 0.25) is 0 Å². The van der Waals surface area contributed by atoms with E-state index in [2.05, 4.69) is 17.6 Å². The van der Waals surface area contributed by atoms with Crippen molar-refractivity contribution in [3.8, 4) is 5.75 Å². The monoisotopic (exact) mass is 392 g/mol. The van der Waals surface area contributed by atoms with Gasteiger partial charge < -0.3 is 20.1 Å². The van der Waals surface area contributed by atoms with Gasteiger partial charge in [0.1, 0.15) is 12.3 Å². The third kappa shape index (κ3) is 9.39. The number of amides is 2. The first-order valence-electron chi connectivity index (χ1n) is 9.96. The molecule has 0 aliphatic heterocycles. The number of anilines is 1. The average Bonchev–Trinajstić information content (AvgIpc) is 2.66. The van der Waals surface area contributed by atoms with Gasteiger partial charge in [-0.2, -0.15) is 0 Å². The minimum Gasteiger partial charge on any atom is -0.493 e. The maximum absolute atomic E-state index is 12.5. The molecule has 0 radical (unpaired) electrons. The molecule has 7 nitrogen and oxygen atoms in total. The first-order valence-corrected chi connectivity index (χ1v) is 9.96. The van der Waals surface area contributed by atoms with Crippen LogP contribution in [0.15, 0.2) is 18.2 Å². The molecule has 28 heavy (non-hydrogen) atoms. The summed E-state index contributed by atoms with van der Waals surface area (Å²) in [5.41, 5.74) is 0.752. The Morgan fingerprint density at radius 1 is 1.00 bits per heavy atom. The SMILES string of the molecule is CCCCCCCCOc1ccc(NC(C)=O)cc1C(=O)NCC(=O)OCC. The van der Waals surface area contributed by atoms with Gasteiger partial charge in [0.25, 0.3) is 5.91 Å². The molecule has 1 aromatic rings. The maximum atomic E-state index is 12.5. The normalized spacial score (nSPS) is 10.2. The molecule has 0 bridgehead atoms. The Hall–Kier alpha value is -2.57. The predicted octanol–water partition coefficient (Wildman–Crippen LogP) is 3.68. The second kappa shape index (κ2) is 13.6. The van der Waals surface area contributed by atoms with E-state index in [0.717, 1.165) is 12.8 Å². The van der Waals surface area contributed by atoms with Gasteiger partial charge in [-0.05, 0) is 31.5 Å². The average molecular weight is 392 g/mol. The Kier molecular flexibility index (Phi) is 11.4. The summed E-state index contributed by atoms with van der Waals surface area (Å²) in [7, 11) is 0. The lowest BCUT2D eigenvalue weighted by Crippen LogP contribution is -2.31. The van der Waals surface area contributed by atoms with Gasteiger partial charge in [0.2, 0.25) is 5.91 Å². The van der Waals surface area contributed by atoms with Crippen LogP contribution in [0, 0.1) is 0 Å². The van der Waals surface area contributed by atoms with Crippen molar-refractivity contribution >= 4 is 23.5 Å². The maximum Gasteiger partial charge on any atom is 0.325 e. The molecule has 0 atom stereocenters. The van der Waals surface area contributed by atoms with Crippen LogP contribution in [-0.2, 0) is 14.3 Å². The number of rotatable bonds is 13. The minimum atomic E-state index is -0.511. The van der Waals surface area contributed by atoms with E-state index < -0.39 is 11.9 Å². The number of esters is 1. The molecular formula is C21H32N2O5. The summed E-state index contributed by atoms with van der Waals surface area (Å²) in [6.45, 7) is 5.80. The molecule has 7 heteroatoms. The van der Waals surface area contributed by atoms with Crippen molar-refractivity contribution in [2.45, 2.75) is 59.3 Å². The zero-order valence-corrected chi connectivity index (χ0v) is 17.1. The van der Waals surface area contributed by atoms with Crippen molar-refractivity contribution in [1.82, 2.24) is 5.32 Å². The molecule has 0 heterocycles. The third-order valence-electron chi connectivity index (χ3n) is 4.00. The molecule has 0 unspecified atom stereocenters. The highest BCUT2D eigenvalue weighted by atomic mass is 16.5. The number of unbranched alkanes of at least 4 members (excludes halogenated alkanes) is 5. The van der Waals surface area contributed by atoms with Gasteiger partial charge >= 0.3 is 5.97 Å². The van der Waals surface area contributed by atoms with Gasteiger partial charge in [-0.15, -0.1) is 0 Å². The van der Waals surface area contributed by atoms with E-state index >= 15 is 0 Å². The number of nitrogens with one attached hydrogen (secondary N) is 2. The number of ether oxygens (including phenoxy) is 2. The van der Waals surface area contributed by atoms with Crippen LogP contribution < -0.4 is 15.4 Å². The summed E-state index contributed by atoms with van der Waals surface area (Å²) < 4.78 is 10.6. The van der Waals surface area contributed by atoms with Crippen LogP contribution in [0.25, 0.3) is 0 Å². The van der Waals surface area contributed by atoms with E-state index in [9.17, 15) is 14.4 Å². The van der Waals surface area contributed by atoms with Crippen molar-refractivity contribution in [2.75, 3.05) is 25.1 Å². The zero-order valence-electron chi connectivity index (χ0n) is 17.1. The van der Waals surface area contributed by atoms with Crippen LogP contribution >= 0.6 is 0 Å². The molecule has 2 amide bonds. The van der Waals surface area contributed by atoms with E-state index in [1.165, 1.54) is 32.6 Å². The summed E-state index contributed by atoms with van der Waals surface area (Å²) in [6.07, 6.45) is 6.84. The lowest BCUT2D eigenvalue weighted by atomic mass is 10.1. The lowest BCUT2D eigenvalue weighted by molar-refractivity contribution is -0.141. The van der Waals surface area contributed by atoms with Crippen molar-refractivity contribution in [3.05, 3.63) is 23.8 Å². The molecule has 0 aliphatic rings. The van der Waals surface area contributed by atoms with Crippen LogP contribution in [0.1, 0.15) is 69.7 Å². The van der Waals surface area contributed by atoms with Crippen molar-refractivity contribution in [1.29, 1.82) is 0 Å². The number of benzene rings is 1. The number of carbonyl (C=O) groups excluding carboxylic acids is 3. The topological polar surface area (TPSA) is 93.7 Å². The summed E-state index contributed by atoms with van der Waals surface area (Å²) in [6, 6.07) is 4.88. The fourth-order valence-electron chi connectivity index (χ4n) is 2.64. The van der Waals surface area contributed by atoms with Gasteiger partial charge in [0.15, 0.2) is 0 Å². The smallest absolute Gasteiger partial charge is 0.325 e. The number of carbonyl (C=O) groups is 3. The second-order valence-corrected chi connectivity index (χ2v) is 6.50. The summed E-state index contributed by atoms with van der Waals surface area (Å²) in [5, 5.41) is 5.17.